The average molecular weight is 384 g/mol. The molecule has 0 aromatic heterocycles. The molecule has 0 aromatic rings. The molecule has 0 aromatic carbocycles. The van der Waals surface area contributed by atoms with Gasteiger partial charge in [0.1, 0.15) is 0 Å². The molecule has 0 radical (unpaired) electrons. The Morgan fingerprint density at radius 1 is 1.23 bits per heavy atom. The summed E-state index contributed by atoms with van der Waals surface area (Å²) in [6.07, 6.45) is 6.80. The van der Waals surface area contributed by atoms with E-state index in [1.165, 1.54) is 19.3 Å². The highest BCUT2D eigenvalue weighted by molar-refractivity contribution is 7.89. The van der Waals surface area contributed by atoms with Crippen molar-refractivity contribution in [3.8, 4) is 0 Å². The molecule has 146 valence electrons. The molecule has 2 fully saturated rings. The number of hydrogen-bond acceptors (Lipinski definition) is 5. The summed E-state index contributed by atoms with van der Waals surface area (Å²) >= 11 is 0. The van der Waals surface area contributed by atoms with Crippen molar-refractivity contribution in [3.05, 3.63) is 11.8 Å². The van der Waals surface area contributed by atoms with Gasteiger partial charge in [-0.05, 0) is 37.9 Å². The molecule has 2 amide bonds. The summed E-state index contributed by atoms with van der Waals surface area (Å²) < 4.78 is 25.2. The molecule has 3 aliphatic rings. The molecular weight excluding hydrogens is 354 g/mol. The number of amides is 2. The summed E-state index contributed by atoms with van der Waals surface area (Å²) in [6.45, 7) is 6.99. The molecule has 26 heavy (non-hydrogen) atoms. The van der Waals surface area contributed by atoms with Gasteiger partial charge in [-0.3, -0.25) is 9.59 Å². The first kappa shape index (κ1) is 19.4. The molecule has 0 bridgehead atoms. The van der Waals surface area contributed by atoms with Crippen LogP contribution in [0.2, 0.25) is 0 Å². The second-order valence-electron chi connectivity index (χ2n) is 7.91. The van der Waals surface area contributed by atoms with Gasteiger partial charge in [0.2, 0.25) is 21.8 Å². The van der Waals surface area contributed by atoms with Gasteiger partial charge >= 0.3 is 0 Å². The number of hydrogen-bond donors (Lipinski definition) is 0. The fourth-order valence-electron chi connectivity index (χ4n) is 4.41. The van der Waals surface area contributed by atoms with Crippen LogP contribution in [-0.4, -0.2) is 72.8 Å². The Hall–Kier alpha value is -1.41. The zero-order valence-corrected chi connectivity index (χ0v) is 16.7. The zero-order chi connectivity index (χ0) is 19.1. The van der Waals surface area contributed by atoms with Crippen LogP contribution in [0.5, 0.6) is 0 Å². The second kappa shape index (κ2) is 7.31. The number of carbonyl (C=O) groups excluding carboxylic acids is 2. The van der Waals surface area contributed by atoms with Crippen LogP contribution in [0.1, 0.15) is 39.5 Å². The molecule has 0 spiro atoms. The van der Waals surface area contributed by atoms with E-state index in [2.05, 4.69) is 4.90 Å². The van der Waals surface area contributed by atoms with Crippen molar-refractivity contribution in [2.75, 3.05) is 32.4 Å². The highest BCUT2D eigenvalue weighted by atomic mass is 32.2. The summed E-state index contributed by atoms with van der Waals surface area (Å²) in [6, 6.07) is -0.453. The zero-order valence-electron chi connectivity index (χ0n) is 15.8. The van der Waals surface area contributed by atoms with Gasteiger partial charge in [-0.25, -0.2) is 12.7 Å². The van der Waals surface area contributed by atoms with Crippen LogP contribution in [0.15, 0.2) is 11.8 Å². The van der Waals surface area contributed by atoms with Gasteiger partial charge in [-0.2, -0.15) is 0 Å². The number of rotatable bonds is 5. The Bertz CT molecular complexity index is 710. The molecule has 0 saturated carbocycles. The van der Waals surface area contributed by atoms with Crippen LogP contribution in [0.4, 0.5) is 0 Å². The minimum Gasteiger partial charge on any atom is -0.329 e. The van der Waals surface area contributed by atoms with Crippen LogP contribution in [0.25, 0.3) is 0 Å². The first-order chi connectivity index (χ1) is 12.2. The normalized spacial score (nSPS) is 27.2. The fraction of sp³-hybridized carbons (Fsp3) is 0.778. The molecule has 2 atom stereocenters. The summed E-state index contributed by atoms with van der Waals surface area (Å²) in [5, 5.41) is 0. The van der Waals surface area contributed by atoms with Crippen molar-refractivity contribution >= 4 is 21.8 Å². The molecule has 3 heterocycles. The summed E-state index contributed by atoms with van der Waals surface area (Å²) in [5.74, 6) is -0.955. The number of likely N-dealkylation sites (tertiary alicyclic amines) is 1. The van der Waals surface area contributed by atoms with E-state index in [-0.39, 0.29) is 11.8 Å². The van der Waals surface area contributed by atoms with Crippen LogP contribution < -0.4 is 0 Å². The minimum absolute atomic E-state index is 0.000578. The molecule has 0 N–H and O–H groups in total. The Balaban J connectivity index is 1.74. The lowest BCUT2D eigenvalue weighted by Gasteiger charge is -2.30. The summed E-state index contributed by atoms with van der Waals surface area (Å²) in [5.41, 5.74) is 0.461. The molecule has 3 aliphatic heterocycles. The topological polar surface area (TPSA) is 78.0 Å². The molecule has 3 rings (SSSR count). The molecular formula is C18H29N3O4S. The van der Waals surface area contributed by atoms with Gasteiger partial charge in [0.05, 0.1) is 23.9 Å². The first-order valence-corrected chi connectivity index (χ1v) is 11.3. The van der Waals surface area contributed by atoms with Crippen molar-refractivity contribution in [1.29, 1.82) is 0 Å². The second-order valence-corrected chi connectivity index (χ2v) is 9.74. The third-order valence-corrected chi connectivity index (χ3v) is 6.71. The van der Waals surface area contributed by atoms with E-state index in [4.69, 9.17) is 0 Å². The van der Waals surface area contributed by atoms with Crippen molar-refractivity contribution in [3.63, 3.8) is 0 Å². The maximum absolute atomic E-state index is 12.8. The van der Waals surface area contributed by atoms with Crippen molar-refractivity contribution in [2.45, 2.75) is 45.6 Å². The number of carbonyl (C=O) groups is 2. The van der Waals surface area contributed by atoms with E-state index < -0.39 is 27.9 Å². The lowest BCUT2D eigenvalue weighted by molar-refractivity contribution is -0.134. The molecule has 2 saturated heterocycles. The first-order valence-electron chi connectivity index (χ1n) is 9.48. The third-order valence-electron chi connectivity index (χ3n) is 5.66. The number of nitrogens with zero attached hydrogens (tertiary/aromatic N) is 3. The van der Waals surface area contributed by atoms with Gasteiger partial charge in [0.25, 0.3) is 0 Å². The van der Waals surface area contributed by atoms with E-state index in [9.17, 15) is 18.0 Å². The Morgan fingerprint density at radius 3 is 2.46 bits per heavy atom. The Morgan fingerprint density at radius 2 is 1.88 bits per heavy atom. The van der Waals surface area contributed by atoms with E-state index in [1.807, 2.05) is 13.8 Å². The SMILES string of the molecule is CC(C)[C@H]1C(=O)N(S(C)(=O)=O)C2=CCN(C(=O)CCN3CCCCC3)[C@@H]21. The summed E-state index contributed by atoms with van der Waals surface area (Å²) in [7, 11) is -3.68. The molecule has 0 unspecified atom stereocenters. The van der Waals surface area contributed by atoms with Gasteiger partial charge in [-0.15, -0.1) is 0 Å². The monoisotopic (exact) mass is 383 g/mol. The van der Waals surface area contributed by atoms with E-state index in [1.54, 1.807) is 11.0 Å². The maximum Gasteiger partial charge on any atom is 0.246 e. The van der Waals surface area contributed by atoms with Gasteiger partial charge in [0, 0.05) is 19.5 Å². The number of sulfonamides is 1. The minimum atomic E-state index is -3.68. The number of piperidine rings is 1. The highest BCUT2D eigenvalue weighted by Crippen LogP contribution is 2.41. The van der Waals surface area contributed by atoms with Crippen molar-refractivity contribution in [2.24, 2.45) is 11.8 Å². The van der Waals surface area contributed by atoms with Crippen molar-refractivity contribution < 1.29 is 18.0 Å². The molecule has 8 heteroatoms. The summed E-state index contributed by atoms with van der Waals surface area (Å²) in [4.78, 5) is 29.6. The quantitative estimate of drug-likeness (QED) is 0.709. The van der Waals surface area contributed by atoms with Gasteiger partial charge in [-0.1, -0.05) is 20.3 Å². The van der Waals surface area contributed by atoms with Crippen LogP contribution >= 0.6 is 0 Å². The average Bonchev–Trinajstić information content (AvgIpc) is 3.08. The fourth-order valence-corrected chi connectivity index (χ4v) is 5.42. The Labute approximate surface area is 156 Å². The lowest BCUT2D eigenvalue weighted by atomic mass is 9.89. The van der Waals surface area contributed by atoms with Crippen LogP contribution in [-0.2, 0) is 19.6 Å². The van der Waals surface area contributed by atoms with Crippen molar-refractivity contribution in [1.82, 2.24) is 14.1 Å². The predicted molar refractivity (Wildman–Crippen MR) is 98.5 cm³/mol. The van der Waals surface area contributed by atoms with Gasteiger partial charge < -0.3 is 9.80 Å². The maximum atomic E-state index is 12.8. The standard InChI is InChI=1S/C18H29N3O4S/c1-13(2)16-17-14(21(18(16)23)26(3,24)25)7-12-20(17)15(22)8-11-19-9-5-4-6-10-19/h7,13,16-17H,4-6,8-12H2,1-3H3/t16-,17+/m1/s1. The van der Waals surface area contributed by atoms with Gasteiger partial charge in [0.15, 0.2) is 0 Å². The predicted octanol–water partition coefficient (Wildman–Crippen LogP) is 1.03. The highest BCUT2D eigenvalue weighted by Gasteiger charge is 2.54. The third kappa shape index (κ3) is 3.53. The number of fused-ring (bicyclic) bond motifs is 1. The smallest absolute Gasteiger partial charge is 0.246 e. The van der Waals surface area contributed by atoms with E-state index >= 15 is 0 Å². The van der Waals surface area contributed by atoms with E-state index in [0.717, 1.165) is 30.2 Å². The van der Waals surface area contributed by atoms with Crippen LogP contribution in [0.3, 0.4) is 0 Å². The lowest BCUT2D eigenvalue weighted by Crippen LogP contribution is -2.44. The molecule has 7 nitrogen and oxygen atoms in total. The molecule has 0 aliphatic carbocycles. The van der Waals surface area contributed by atoms with Crippen LogP contribution in [0, 0.1) is 11.8 Å². The largest absolute Gasteiger partial charge is 0.329 e. The Kier molecular flexibility index (Phi) is 5.44. The van der Waals surface area contributed by atoms with E-state index in [0.29, 0.717) is 18.7 Å².